The minimum absolute atomic E-state index is 0.591. The van der Waals surface area contributed by atoms with Crippen LogP contribution in [-0.4, -0.2) is 35.1 Å². The van der Waals surface area contributed by atoms with Crippen LogP contribution in [0.3, 0.4) is 0 Å². The lowest BCUT2D eigenvalue weighted by Crippen LogP contribution is -2.51. The number of piperazine rings is 1. The summed E-state index contributed by atoms with van der Waals surface area (Å²) in [4.78, 5) is 13.7. The van der Waals surface area contributed by atoms with E-state index in [2.05, 4.69) is 45.3 Å². The Bertz CT molecular complexity index is 942. The topological polar surface area (TPSA) is 41.0 Å². The van der Waals surface area contributed by atoms with Crippen molar-refractivity contribution in [2.75, 3.05) is 18.0 Å². The van der Waals surface area contributed by atoms with Crippen LogP contribution in [0.5, 0.6) is 0 Å². The molecule has 128 valence electrons. The molecule has 1 aromatic carbocycles. The smallest absolute Gasteiger partial charge is 0.140 e. The van der Waals surface area contributed by atoms with Crippen LogP contribution in [0.2, 0.25) is 5.02 Å². The van der Waals surface area contributed by atoms with Gasteiger partial charge in [-0.1, -0.05) is 23.7 Å². The molecule has 5 rings (SSSR count). The number of rotatable bonds is 2. The quantitative estimate of drug-likeness (QED) is 0.731. The molecule has 2 fully saturated rings. The molecule has 0 spiro atoms. The van der Waals surface area contributed by atoms with Gasteiger partial charge in [0.05, 0.1) is 5.39 Å². The second-order valence-corrected chi connectivity index (χ2v) is 8.49. The minimum atomic E-state index is 0.591. The zero-order valence-corrected chi connectivity index (χ0v) is 15.6. The number of hydrogen-bond acceptors (Lipinski definition) is 5. The number of aromatic nitrogens is 2. The summed E-state index contributed by atoms with van der Waals surface area (Å²) in [6, 6.07) is 9.60. The summed E-state index contributed by atoms with van der Waals surface area (Å²) in [7, 11) is 0. The molecule has 1 N–H and O–H groups in total. The highest BCUT2D eigenvalue weighted by atomic mass is 35.5. The molecule has 4 heterocycles. The molecule has 2 saturated heterocycles. The highest BCUT2D eigenvalue weighted by Crippen LogP contribution is 2.39. The predicted octanol–water partition coefficient (Wildman–Crippen LogP) is 4.26. The van der Waals surface area contributed by atoms with Crippen molar-refractivity contribution in [3.63, 3.8) is 0 Å². The van der Waals surface area contributed by atoms with E-state index in [1.807, 2.05) is 6.07 Å². The third-order valence-electron chi connectivity index (χ3n) is 5.21. The van der Waals surface area contributed by atoms with Crippen LogP contribution in [-0.2, 0) is 0 Å². The molecule has 25 heavy (non-hydrogen) atoms. The van der Waals surface area contributed by atoms with Gasteiger partial charge in [-0.2, -0.15) is 0 Å². The Kier molecular flexibility index (Phi) is 3.69. The van der Waals surface area contributed by atoms with E-state index in [9.17, 15) is 0 Å². The van der Waals surface area contributed by atoms with Crippen molar-refractivity contribution in [3.8, 4) is 10.4 Å². The fourth-order valence-corrected chi connectivity index (χ4v) is 5.44. The SMILES string of the molecule is Cc1ccc(-c2cc3c(N4CC5CCC(C4)N5)ncnc3s2)c(Cl)c1. The van der Waals surface area contributed by atoms with E-state index in [1.54, 1.807) is 17.7 Å². The van der Waals surface area contributed by atoms with Crippen molar-refractivity contribution in [3.05, 3.63) is 41.2 Å². The molecule has 6 heteroatoms. The van der Waals surface area contributed by atoms with E-state index in [4.69, 9.17) is 11.6 Å². The fraction of sp³-hybridized carbons (Fsp3) is 0.368. The van der Waals surface area contributed by atoms with Crippen molar-refractivity contribution >= 4 is 39.0 Å². The lowest BCUT2D eigenvalue weighted by molar-refractivity contribution is 0.464. The van der Waals surface area contributed by atoms with Gasteiger partial charge in [-0.05, 0) is 37.5 Å². The average molecular weight is 371 g/mol. The number of nitrogens with zero attached hydrogens (tertiary/aromatic N) is 3. The summed E-state index contributed by atoms with van der Waals surface area (Å²) in [6.45, 7) is 4.11. The molecule has 0 aliphatic carbocycles. The largest absolute Gasteiger partial charge is 0.353 e. The number of fused-ring (bicyclic) bond motifs is 3. The molecule has 0 amide bonds. The van der Waals surface area contributed by atoms with Gasteiger partial charge in [-0.25, -0.2) is 9.97 Å². The molecular formula is C19H19ClN4S. The zero-order valence-electron chi connectivity index (χ0n) is 14.0. The molecule has 4 nitrogen and oxygen atoms in total. The first kappa shape index (κ1) is 15.6. The molecule has 2 aliphatic rings. The van der Waals surface area contributed by atoms with Crippen LogP contribution in [0.15, 0.2) is 30.6 Å². The highest BCUT2D eigenvalue weighted by molar-refractivity contribution is 7.22. The maximum atomic E-state index is 6.48. The zero-order chi connectivity index (χ0) is 17.0. The van der Waals surface area contributed by atoms with E-state index in [1.165, 1.54) is 18.4 Å². The molecule has 2 aliphatic heterocycles. The van der Waals surface area contributed by atoms with Gasteiger partial charge in [-0.15, -0.1) is 11.3 Å². The molecule has 3 aromatic rings. The lowest BCUT2D eigenvalue weighted by atomic mass is 10.1. The maximum absolute atomic E-state index is 6.48. The maximum Gasteiger partial charge on any atom is 0.140 e. The Labute approximate surface area is 155 Å². The first-order valence-corrected chi connectivity index (χ1v) is 9.89. The van der Waals surface area contributed by atoms with Crippen molar-refractivity contribution in [1.82, 2.24) is 15.3 Å². The molecule has 2 bridgehead atoms. The van der Waals surface area contributed by atoms with Crippen molar-refractivity contribution < 1.29 is 0 Å². The van der Waals surface area contributed by atoms with Gasteiger partial charge in [-0.3, -0.25) is 0 Å². The van der Waals surface area contributed by atoms with Gasteiger partial charge >= 0.3 is 0 Å². The van der Waals surface area contributed by atoms with Crippen molar-refractivity contribution in [1.29, 1.82) is 0 Å². The van der Waals surface area contributed by atoms with E-state index >= 15 is 0 Å². The number of hydrogen-bond donors (Lipinski definition) is 1. The predicted molar refractivity (Wildman–Crippen MR) is 105 cm³/mol. The van der Waals surface area contributed by atoms with Crippen LogP contribution in [0.4, 0.5) is 5.82 Å². The first-order chi connectivity index (χ1) is 12.2. The third kappa shape index (κ3) is 2.71. The van der Waals surface area contributed by atoms with Crippen LogP contribution >= 0.6 is 22.9 Å². The van der Waals surface area contributed by atoms with Gasteiger partial charge in [0.2, 0.25) is 0 Å². The highest BCUT2D eigenvalue weighted by Gasteiger charge is 2.33. The van der Waals surface area contributed by atoms with Crippen LogP contribution in [0.1, 0.15) is 18.4 Å². The third-order valence-corrected chi connectivity index (χ3v) is 6.60. The number of thiophene rings is 1. The Morgan fingerprint density at radius 2 is 1.96 bits per heavy atom. The van der Waals surface area contributed by atoms with E-state index in [-0.39, 0.29) is 0 Å². The summed E-state index contributed by atoms with van der Waals surface area (Å²) >= 11 is 8.17. The number of aryl methyl sites for hydroxylation is 1. The summed E-state index contributed by atoms with van der Waals surface area (Å²) in [5.74, 6) is 1.06. The number of anilines is 1. The lowest BCUT2D eigenvalue weighted by Gasteiger charge is -2.33. The van der Waals surface area contributed by atoms with Crippen LogP contribution in [0, 0.1) is 6.92 Å². The van der Waals surface area contributed by atoms with Crippen LogP contribution in [0.25, 0.3) is 20.7 Å². The number of nitrogens with one attached hydrogen (secondary N) is 1. The van der Waals surface area contributed by atoms with Gasteiger partial charge < -0.3 is 10.2 Å². The minimum Gasteiger partial charge on any atom is -0.353 e. The van der Waals surface area contributed by atoms with E-state index in [0.29, 0.717) is 12.1 Å². The molecule has 2 atom stereocenters. The fourth-order valence-electron chi connectivity index (χ4n) is 4.02. The van der Waals surface area contributed by atoms with E-state index in [0.717, 1.165) is 44.6 Å². The number of benzene rings is 1. The normalized spacial score (nSPS) is 22.7. The summed E-state index contributed by atoms with van der Waals surface area (Å²) in [6.07, 6.45) is 4.23. The second kappa shape index (κ2) is 5.94. The Morgan fingerprint density at radius 1 is 1.16 bits per heavy atom. The van der Waals surface area contributed by atoms with Gasteiger partial charge in [0.25, 0.3) is 0 Å². The van der Waals surface area contributed by atoms with Gasteiger partial charge in [0, 0.05) is 40.6 Å². The summed E-state index contributed by atoms with van der Waals surface area (Å²) in [5, 5.41) is 5.61. The summed E-state index contributed by atoms with van der Waals surface area (Å²) < 4.78 is 0. The van der Waals surface area contributed by atoms with Gasteiger partial charge in [0.15, 0.2) is 0 Å². The molecular weight excluding hydrogens is 352 g/mol. The Hall–Kier alpha value is -1.69. The Balaban J connectivity index is 1.58. The first-order valence-electron chi connectivity index (χ1n) is 8.69. The van der Waals surface area contributed by atoms with Crippen LogP contribution < -0.4 is 10.2 Å². The Morgan fingerprint density at radius 3 is 2.72 bits per heavy atom. The van der Waals surface area contributed by atoms with Crippen molar-refractivity contribution in [2.45, 2.75) is 31.8 Å². The second-order valence-electron chi connectivity index (χ2n) is 7.05. The standard InChI is InChI=1S/C19H19ClN4S/c1-11-2-5-14(16(20)6-11)17-7-15-18(21-10-22-19(15)25-17)24-8-12-3-4-13(9-24)23-12/h2,5-7,10,12-13,23H,3-4,8-9H2,1H3. The van der Waals surface area contributed by atoms with E-state index < -0.39 is 0 Å². The average Bonchev–Trinajstić information content (AvgIpc) is 3.17. The van der Waals surface area contributed by atoms with Crippen molar-refractivity contribution in [2.24, 2.45) is 0 Å². The molecule has 0 radical (unpaired) electrons. The monoisotopic (exact) mass is 370 g/mol. The molecule has 2 aromatic heterocycles. The molecule has 0 saturated carbocycles. The number of halogens is 1. The van der Waals surface area contributed by atoms with Gasteiger partial charge in [0.1, 0.15) is 17.0 Å². The summed E-state index contributed by atoms with van der Waals surface area (Å²) in [5.41, 5.74) is 2.24. The molecule has 2 unspecified atom stereocenters.